The molecule has 0 atom stereocenters. The van der Waals surface area contributed by atoms with Gasteiger partial charge in [-0.2, -0.15) is 0 Å². The molecular formula is C126H78N6OS2. The lowest BCUT2D eigenvalue weighted by Gasteiger charge is -2.10. The van der Waals surface area contributed by atoms with Crippen molar-refractivity contribution in [2.24, 2.45) is 0 Å². The first-order chi connectivity index (χ1) is 67.0. The van der Waals surface area contributed by atoms with Crippen molar-refractivity contribution in [3.05, 3.63) is 473 Å². The van der Waals surface area contributed by atoms with Crippen molar-refractivity contribution in [1.29, 1.82) is 0 Å². The minimum absolute atomic E-state index is 0.909. The van der Waals surface area contributed by atoms with Crippen molar-refractivity contribution < 1.29 is 4.42 Å². The molecule has 0 unspecified atom stereocenters. The molecule has 30 rings (SSSR count). The first-order valence-corrected chi connectivity index (χ1v) is 47.7. The number of nitrogens with zero attached hydrogens (tertiary/aromatic N) is 6. The number of fused-ring (bicyclic) bond motifs is 27. The third kappa shape index (κ3) is 12.1. The van der Waals surface area contributed by atoms with Crippen LogP contribution in [0.3, 0.4) is 0 Å². The normalized spacial score (nSPS) is 12.0. The van der Waals surface area contributed by atoms with E-state index in [1.807, 2.05) is 34.8 Å². The van der Waals surface area contributed by atoms with E-state index in [-0.39, 0.29) is 0 Å². The van der Waals surface area contributed by atoms with E-state index in [0.717, 1.165) is 27.6 Å². The highest BCUT2D eigenvalue weighted by molar-refractivity contribution is 7.26. The van der Waals surface area contributed by atoms with E-state index in [0.29, 0.717) is 0 Å². The van der Waals surface area contributed by atoms with Crippen LogP contribution in [0.2, 0.25) is 0 Å². The Kier molecular flexibility index (Phi) is 17.4. The zero-order valence-electron chi connectivity index (χ0n) is 72.9. The molecule has 630 valence electrons. The van der Waals surface area contributed by atoms with Crippen LogP contribution in [0.25, 0.3) is 261 Å². The highest BCUT2D eigenvalue weighted by Crippen LogP contribution is 2.48. The molecule has 7 nitrogen and oxygen atoms in total. The van der Waals surface area contributed by atoms with E-state index in [4.69, 9.17) is 4.42 Å². The minimum atomic E-state index is 0.909. The Morgan fingerprint density at radius 2 is 0.407 bits per heavy atom. The first kappa shape index (κ1) is 76.5. The van der Waals surface area contributed by atoms with Gasteiger partial charge in [-0.3, -0.25) is 0 Å². The van der Waals surface area contributed by atoms with Gasteiger partial charge in [-0.1, -0.05) is 267 Å². The molecule has 0 spiro atoms. The molecule has 9 aromatic heterocycles. The van der Waals surface area contributed by atoms with Gasteiger partial charge in [-0.05, 0) is 240 Å². The van der Waals surface area contributed by atoms with Crippen LogP contribution in [0.5, 0.6) is 0 Å². The molecule has 0 fully saturated rings. The summed E-state index contributed by atoms with van der Waals surface area (Å²) in [6, 6.07) is 172. The van der Waals surface area contributed by atoms with Gasteiger partial charge in [0.15, 0.2) is 0 Å². The van der Waals surface area contributed by atoms with Crippen molar-refractivity contribution in [3.8, 4) is 67.5 Å². The lowest BCUT2D eigenvalue weighted by atomic mass is 10.0. The van der Waals surface area contributed by atoms with Gasteiger partial charge in [0.1, 0.15) is 11.2 Å². The molecule has 135 heavy (non-hydrogen) atoms. The summed E-state index contributed by atoms with van der Waals surface area (Å²) in [6.45, 7) is 0. The molecule has 0 aliphatic heterocycles. The van der Waals surface area contributed by atoms with Crippen LogP contribution in [0.4, 0.5) is 0 Å². The number of aromatic nitrogens is 6. The Hall–Kier alpha value is -17.3. The maximum atomic E-state index is 6.14. The molecule has 0 bridgehead atoms. The van der Waals surface area contributed by atoms with Crippen LogP contribution in [0.1, 0.15) is 0 Å². The number of furan rings is 1. The van der Waals surface area contributed by atoms with Crippen LogP contribution in [-0.4, -0.2) is 27.4 Å². The minimum Gasteiger partial charge on any atom is -0.456 e. The Bertz CT molecular complexity index is 9710. The second-order valence-electron chi connectivity index (χ2n) is 35.3. The van der Waals surface area contributed by atoms with Gasteiger partial charge in [0.05, 0.1) is 76.6 Å². The molecule has 0 saturated carbocycles. The van der Waals surface area contributed by atoms with Gasteiger partial charge in [-0.15, -0.1) is 22.7 Å². The summed E-state index contributed by atoms with van der Waals surface area (Å²) < 4.78 is 25.8. The third-order valence-corrected chi connectivity index (χ3v) is 30.3. The summed E-state index contributed by atoms with van der Waals surface area (Å²) in [5, 5.41) is 22.7. The van der Waals surface area contributed by atoms with Gasteiger partial charge in [0.2, 0.25) is 0 Å². The van der Waals surface area contributed by atoms with Crippen molar-refractivity contribution in [2.45, 2.75) is 0 Å². The number of rotatable bonds is 9. The molecule has 21 aromatic carbocycles. The van der Waals surface area contributed by atoms with Crippen LogP contribution in [-0.2, 0) is 0 Å². The maximum absolute atomic E-state index is 6.14. The van der Waals surface area contributed by atoms with Crippen molar-refractivity contribution >= 4 is 216 Å². The molecule has 0 aliphatic carbocycles. The van der Waals surface area contributed by atoms with E-state index in [1.54, 1.807) is 0 Å². The summed E-state index contributed by atoms with van der Waals surface area (Å²) in [4.78, 5) is 0. The van der Waals surface area contributed by atoms with E-state index in [2.05, 4.69) is 488 Å². The molecular weight excluding hydrogens is 1680 g/mol. The SMILES string of the molecule is c1ccc(-n2c3ccccc3c3cc(-c4ccc5c(c4)c4ccccc4n5-c4ccc5oc6ccccc6c5c4)ccc32)cc1.c1ccc(-n2c3ccccc3c3cc(-c4ccc5c(c4)c4ccccc4n5-c4ccc5sc6ccccc6c5c4)ccc32)cc1.c1ccc(-n2c3ccccc3c3cc(-c4ccc5c(c4)c4ccccc4n5-c4cccc5c4sc4ccccc45)ccc32)cc1. The lowest BCUT2D eigenvalue weighted by Crippen LogP contribution is -1.94. The Morgan fingerprint density at radius 3 is 0.800 bits per heavy atom. The molecule has 0 amide bonds. The van der Waals surface area contributed by atoms with Crippen LogP contribution < -0.4 is 0 Å². The molecule has 0 N–H and O–H groups in total. The fourth-order valence-corrected chi connectivity index (χ4v) is 24.2. The second-order valence-corrected chi connectivity index (χ2v) is 37.5. The van der Waals surface area contributed by atoms with Gasteiger partial charge in [-0.25, -0.2) is 0 Å². The predicted molar refractivity (Wildman–Crippen MR) is 575 cm³/mol. The summed E-state index contributed by atoms with van der Waals surface area (Å²) in [5.41, 5.74) is 30.9. The number of hydrogen-bond donors (Lipinski definition) is 0. The van der Waals surface area contributed by atoms with E-state index >= 15 is 0 Å². The topological polar surface area (TPSA) is 42.7 Å². The van der Waals surface area contributed by atoms with Crippen LogP contribution in [0, 0.1) is 0 Å². The van der Waals surface area contributed by atoms with Crippen LogP contribution in [0.15, 0.2) is 478 Å². The molecule has 0 aliphatic rings. The summed E-state index contributed by atoms with van der Waals surface area (Å²) in [7, 11) is 0. The Labute approximate surface area is 782 Å². The smallest absolute Gasteiger partial charge is 0.135 e. The maximum Gasteiger partial charge on any atom is 0.135 e. The third-order valence-electron chi connectivity index (χ3n) is 27.9. The van der Waals surface area contributed by atoms with Gasteiger partial charge in [0, 0.05) is 139 Å². The monoisotopic (exact) mass is 1750 g/mol. The first-order valence-electron chi connectivity index (χ1n) is 46.1. The van der Waals surface area contributed by atoms with Crippen molar-refractivity contribution in [3.63, 3.8) is 0 Å². The molecule has 0 saturated heterocycles. The second kappa shape index (κ2) is 30.6. The quantitative estimate of drug-likeness (QED) is 0.142. The number of hydrogen-bond acceptors (Lipinski definition) is 3. The van der Waals surface area contributed by atoms with Crippen LogP contribution >= 0.6 is 22.7 Å². The average Bonchev–Trinajstić information content (AvgIpc) is 1.52. The van der Waals surface area contributed by atoms with Gasteiger partial charge >= 0.3 is 0 Å². The van der Waals surface area contributed by atoms with Crippen molar-refractivity contribution in [2.75, 3.05) is 0 Å². The van der Waals surface area contributed by atoms with Gasteiger partial charge < -0.3 is 31.8 Å². The number of benzene rings is 21. The summed E-state index contributed by atoms with van der Waals surface area (Å²) in [5.74, 6) is 0. The summed E-state index contributed by atoms with van der Waals surface area (Å²) >= 11 is 3.75. The summed E-state index contributed by atoms with van der Waals surface area (Å²) in [6.07, 6.45) is 0. The zero-order chi connectivity index (χ0) is 88.5. The standard InChI is InChI=1S/C42H26N2O.2C42H26N2S/c1-2-10-29(11-3-1)43-37-15-7-4-12-31(37)34-24-27(18-21-39(34)43)28-19-22-40-35(25-28)32-13-5-8-16-38(32)44(40)30-20-23-42-36(26-30)33-14-6-9-17-41(33)45-42;1-2-11-29(12-3-1)43-36-17-7-4-13-30(36)34-25-27(21-23-38(34)43)28-22-24-39-35(26-28)31-14-5-8-18-37(31)44(39)40-19-10-16-33-32-15-6-9-20-41(32)45-42(33)40;1-2-10-29(11-3-1)43-37-15-7-4-12-31(37)34-24-27(18-21-39(34)43)28-19-22-40-35(25-28)32-13-5-8-16-38(32)44(40)30-20-23-42-36(26-30)33-14-6-9-17-41(33)45-42/h3*1-26H. The van der Waals surface area contributed by atoms with E-state index in [1.165, 1.54) is 233 Å². The fraction of sp³-hybridized carbons (Fsp3) is 0. The molecule has 0 radical (unpaired) electrons. The predicted octanol–water partition coefficient (Wildman–Crippen LogP) is 35.3. The average molecular weight is 1760 g/mol. The van der Waals surface area contributed by atoms with Gasteiger partial charge in [0.25, 0.3) is 0 Å². The number of para-hydroxylation sites is 10. The number of thiophene rings is 2. The fourth-order valence-electron chi connectivity index (χ4n) is 21.9. The Balaban J connectivity index is 0.000000101. The lowest BCUT2D eigenvalue weighted by molar-refractivity contribution is 0.669. The highest BCUT2D eigenvalue weighted by atomic mass is 32.1. The largest absolute Gasteiger partial charge is 0.456 e. The van der Waals surface area contributed by atoms with Crippen molar-refractivity contribution in [1.82, 2.24) is 27.4 Å². The highest BCUT2D eigenvalue weighted by Gasteiger charge is 2.24. The molecule has 30 aromatic rings. The zero-order valence-corrected chi connectivity index (χ0v) is 74.6. The van der Waals surface area contributed by atoms with E-state index < -0.39 is 0 Å². The Morgan fingerprint density at radius 1 is 0.141 bits per heavy atom. The van der Waals surface area contributed by atoms with E-state index in [9.17, 15) is 0 Å². The molecule has 9 heterocycles. The molecule has 9 heteroatoms.